The number of amides is 2. The van der Waals surface area contributed by atoms with E-state index in [4.69, 9.17) is 0 Å². The van der Waals surface area contributed by atoms with Gasteiger partial charge in [0.25, 0.3) is 5.91 Å². The maximum atomic E-state index is 12.2. The molecule has 2 amide bonds. The lowest BCUT2D eigenvalue weighted by Gasteiger charge is -2.05. The van der Waals surface area contributed by atoms with Gasteiger partial charge in [-0.2, -0.15) is 0 Å². The fraction of sp³-hybridized carbons (Fsp3) is 0.286. The minimum Gasteiger partial charge on any atom is -0.326 e. The third-order valence-electron chi connectivity index (χ3n) is 3.03. The molecule has 1 heterocycles. The Morgan fingerprint density at radius 1 is 1.24 bits per heavy atom. The number of anilines is 2. The molecule has 1 aliphatic carbocycles. The predicted molar refractivity (Wildman–Crippen MR) is 80.6 cm³/mol. The van der Waals surface area contributed by atoms with Crippen molar-refractivity contribution in [3.63, 3.8) is 0 Å². The Hall–Kier alpha value is -2.28. The van der Waals surface area contributed by atoms with Crippen molar-refractivity contribution in [3.8, 4) is 0 Å². The third-order valence-corrected chi connectivity index (χ3v) is 4.03. The predicted octanol–water partition coefficient (Wildman–Crippen LogP) is 2.63. The lowest BCUT2D eigenvalue weighted by Crippen LogP contribution is -2.13. The molecule has 1 aromatic heterocycles. The van der Waals surface area contributed by atoms with Crippen molar-refractivity contribution < 1.29 is 9.59 Å². The molecule has 0 unspecified atom stereocenters. The van der Waals surface area contributed by atoms with Crippen molar-refractivity contribution in [2.75, 3.05) is 10.6 Å². The Morgan fingerprint density at radius 3 is 2.76 bits per heavy atom. The topological polar surface area (TPSA) is 84.0 Å². The standard InChI is InChI=1S/C14H14N4O2S/c1-8(19)15-11-4-2-3-10(7-11)12(20)16-14-18-17-13(21-14)9-5-6-9/h2-4,7,9H,5-6H2,1H3,(H,15,19)(H,16,18,20). The quantitative estimate of drug-likeness (QED) is 0.909. The molecule has 0 spiro atoms. The van der Waals surface area contributed by atoms with E-state index in [-0.39, 0.29) is 11.8 Å². The highest BCUT2D eigenvalue weighted by Crippen LogP contribution is 2.42. The highest BCUT2D eigenvalue weighted by atomic mass is 32.1. The van der Waals surface area contributed by atoms with Gasteiger partial charge in [-0.25, -0.2) is 0 Å². The Bertz CT molecular complexity index is 694. The number of nitrogens with one attached hydrogen (secondary N) is 2. The van der Waals surface area contributed by atoms with E-state index in [1.807, 2.05) is 0 Å². The molecular weight excluding hydrogens is 288 g/mol. The van der Waals surface area contributed by atoms with Crippen LogP contribution in [0.3, 0.4) is 0 Å². The fourth-order valence-corrected chi connectivity index (χ4v) is 2.80. The van der Waals surface area contributed by atoms with Gasteiger partial charge in [-0.3, -0.25) is 14.9 Å². The van der Waals surface area contributed by atoms with Crippen LogP contribution in [-0.4, -0.2) is 22.0 Å². The van der Waals surface area contributed by atoms with E-state index in [1.165, 1.54) is 18.3 Å². The van der Waals surface area contributed by atoms with Gasteiger partial charge < -0.3 is 5.32 Å². The first-order valence-electron chi connectivity index (χ1n) is 6.64. The molecule has 1 aliphatic rings. The lowest BCUT2D eigenvalue weighted by molar-refractivity contribution is -0.114. The maximum Gasteiger partial charge on any atom is 0.257 e. The Morgan fingerprint density at radius 2 is 2.05 bits per heavy atom. The number of hydrogen-bond donors (Lipinski definition) is 2. The maximum absolute atomic E-state index is 12.2. The minimum absolute atomic E-state index is 0.175. The van der Waals surface area contributed by atoms with Crippen molar-refractivity contribution in [2.24, 2.45) is 0 Å². The highest BCUT2D eigenvalue weighted by molar-refractivity contribution is 7.15. The monoisotopic (exact) mass is 302 g/mol. The average molecular weight is 302 g/mol. The smallest absolute Gasteiger partial charge is 0.257 e. The van der Waals surface area contributed by atoms with E-state index in [2.05, 4.69) is 20.8 Å². The molecule has 2 aromatic rings. The molecule has 3 rings (SSSR count). The molecule has 108 valence electrons. The SMILES string of the molecule is CC(=O)Nc1cccc(C(=O)Nc2nnc(C3CC3)s2)c1. The van der Waals surface area contributed by atoms with Gasteiger partial charge in [-0.1, -0.05) is 17.4 Å². The summed E-state index contributed by atoms with van der Waals surface area (Å²) in [5.41, 5.74) is 1.05. The molecule has 0 bridgehead atoms. The van der Waals surface area contributed by atoms with Crippen LogP contribution in [0.15, 0.2) is 24.3 Å². The summed E-state index contributed by atoms with van der Waals surface area (Å²) in [6.07, 6.45) is 2.31. The van der Waals surface area contributed by atoms with E-state index >= 15 is 0 Å². The van der Waals surface area contributed by atoms with Gasteiger partial charge in [0.15, 0.2) is 0 Å². The van der Waals surface area contributed by atoms with Crippen molar-refractivity contribution in [1.82, 2.24) is 10.2 Å². The van der Waals surface area contributed by atoms with Gasteiger partial charge in [0.2, 0.25) is 11.0 Å². The van der Waals surface area contributed by atoms with Gasteiger partial charge in [0.1, 0.15) is 5.01 Å². The summed E-state index contributed by atoms with van der Waals surface area (Å²) in [7, 11) is 0. The zero-order chi connectivity index (χ0) is 14.8. The Labute approximate surface area is 125 Å². The van der Waals surface area contributed by atoms with Crippen LogP contribution in [0.2, 0.25) is 0 Å². The first kappa shape index (κ1) is 13.7. The molecule has 7 heteroatoms. The normalized spacial score (nSPS) is 13.8. The summed E-state index contributed by atoms with van der Waals surface area (Å²) in [6, 6.07) is 6.76. The summed E-state index contributed by atoms with van der Waals surface area (Å²) < 4.78 is 0. The lowest BCUT2D eigenvalue weighted by atomic mass is 10.2. The van der Waals surface area contributed by atoms with Crippen molar-refractivity contribution in [3.05, 3.63) is 34.8 Å². The van der Waals surface area contributed by atoms with Crippen molar-refractivity contribution >= 4 is 34.0 Å². The third kappa shape index (κ3) is 3.43. The fourth-order valence-electron chi connectivity index (χ4n) is 1.89. The van der Waals surface area contributed by atoms with E-state index in [1.54, 1.807) is 24.3 Å². The zero-order valence-electron chi connectivity index (χ0n) is 11.4. The second-order valence-electron chi connectivity index (χ2n) is 4.94. The molecule has 1 aromatic carbocycles. The molecule has 0 atom stereocenters. The number of aromatic nitrogens is 2. The van der Waals surface area contributed by atoms with Gasteiger partial charge in [-0.15, -0.1) is 10.2 Å². The van der Waals surface area contributed by atoms with Crippen LogP contribution in [0.4, 0.5) is 10.8 Å². The summed E-state index contributed by atoms with van der Waals surface area (Å²) in [6.45, 7) is 1.42. The molecule has 0 radical (unpaired) electrons. The first-order valence-corrected chi connectivity index (χ1v) is 7.46. The van der Waals surface area contributed by atoms with Crippen LogP contribution < -0.4 is 10.6 Å². The van der Waals surface area contributed by atoms with E-state index in [0.29, 0.717) is 22.3 Å². The summed E-state index contributed by atoms with van der Waals surface area (Å²) in [4.78, 5) is 23.2. The number of benzene rings is 1. The van der Waals surface area contributed by atoms with Gasteiger partial charge in [0.05, 0.1) is 0 Å². The van der Waals surface area contributed by atoms with Gasteiger partial charge in [-0.05, 0) is 31.0 Å². The van der Waals surface area contributed by atoms with E-state index < -0.39 is 0 Å². The van der Waals surface area contributed by atoms with Gasteiger partial charge in [0, 0.05) is 24.1 Å². The number of hydrogen-bond acceptors (Lipinski definition) is 5. The zero-order valence-corrected chi connectivity index (χ0v) is 12.2. The average Bonchev–Trinajstić information content (AvgIpc) is 3.19. The van der Waals surface area contributed by atoms with Crippen LogP contribution in [-0.2, 0) is 4.79 Å². The largest absolute Gasteiger partial charge is 0.326 e. The molecule has 0 saturated heterocycles. The van der Waals surface area contributed by atoms with E-state index in [9.17, 15) is 9.59 Å². The number of carbonyl (C=O) groups is 2. The number of nitrogens with zero attached hydrogens (tertiary/aromatic N) is 2. The van der Waals surface area contributed by atoms with Crippen LogP contribution in [0, 0.1) is 0 Å². The molecule has 2 N–H and O–H groups in total. The second kappa shape index (κ2) is 5.61. The molecule has 1 fully saturated rings. The van der Waals surface area contributed by atoms with Crippen LogP contribution in [0.1, 0.15) is 41.0 Å². The first-order chi connectivity index (χ1) is 10.1. The molecule has 6 nitrogen and oxygen atoms in total. The second-order valence-corrected chi connectivity index (χ2v) is 5.94. The van der Waals surface area contributed by atoms with Crippen LogP contribution in [0.5, 0.6) is 0 Å². The Balaban J connectivity index is 1.70. The molecular formula is C14H14N4O2S. The van der Waals surface area contributed by atoms with Crippen molar-refractivity contribution in [1.29, 1.82) is 0 Å². The minimum atomic E-state index is -0.263. The van der Waals surface area contributed by atoms with Crippen molar-refractivity contribution in [2.45, 2.75) is 25.7 Å². The van der Waals surface area contributed by atoms with Crippen LogP contribution in [0.25, 0.3) is 0 Å². The molecule has 21 heavy (non-hydrogen) atoms. The summed E-state index contributed by atoms with van der Waals surface area (Å²) in [5, 5.41) is 14.9. The molecule has 0 aliphatic heterocycles. The van der Waals surface area contributed by atoms with Crippen LogP contribution >= 0.6 is 11.3 Å². The van der Waals surface area contributed by atoms with E-state index in [0.717, 1.165) is 17.8 Å². The Kier molecular flexibility index (Phi) is 3.66. The highest BCUT2D eigenvalue weighted by Gasteiger charge is 2.27. The molecule has 1 saturated carbocycles. The number of rotatable bonds is 4. The summed E-state index contributed by atoms with van der Waals surface area (Å²) >= 11 is 1.42. The van der Waals surface area contributed by atoms with Gasteiger partial charge >= 0.3 is 0 Å². The summed E-state index contributed by atoms with van der Waals surface area (Å²) in [5.74, 6) is 0.0858. The number of carbonyl (C=O) groups excluding carboxylic acids is 2.